The van der Waals surface area contributed by atoms with Gasteiger partial charge in [0.25, 0.3) is 0 Å². The molecule has 8 nitrogen and oxygen atoms in total. The van der Waals surface area contributed by atoms with E-state index in [0.717, 1.165) is 58.9 Å². The molecule has 6 bridgehead atoms. The van der Waals surface area contributed by atoms with Gasteiger partial charge in [0.15, 0.2) is 34.5 Å². The summed E-state index contributed by atoms with van der Waals surface area (Å²) in [5, 5.41) is 10.8. The molecule has 0 saturated heterocycles. The smallest absolute Gasteiger partial charge is 0.204 e. The van der Waals surface area contributed by atoms with Crippen molar-refractivity contribution < 1.29 is 37.8 Å². The van der Waals surface area contributed by atoms with E-state index in [1.54, 1.807) is 27.4 Å². The zero-order valence-corrected chi connectivity index (χ0v) is 28.6. The molecule has 8 heteroatoms. The Bertz CT molecular complexity index is 1830. The lowest BCUT2D eigenvalue weighted by Gasteiger charge is -2.44. The fraction of sp³-hybridized carbons (Fsp3) is 0.385. The van der Waals surface area contributed by atoms with Crippen LogP contribution in [-0.2, 0) is 25.7 Å². The summed E-state index contributed by atoms with van der Waals surface area (Å²) in [6.07, 6.45) is 3.36. The van der Waals surface area contributed by atoms with Gasteiger partial charge in [-0.1, -0.05) is 18.2 Å². The minimum absolute atomic E-state index is 0.0758. The first-order chi connectivity index (χ1) is 22.5. The average molecular weight is 639 g/mol. The quantitative estimate of drug-likeness (QED) is 0.241. The molecule has 0 radical (unpaired) electrons. The monoisotopic (exact) mass is 638 g/mol. The van der Waals surface area contributed by atoms with Gasteiger partial charge < -0.3 is 37.8 Å². The Hall–Kier alpha value is -4.40. The second-order valence-electron chi connectivity index (χ2n) is 14.3. The molecule has 1 N–H and O–H groups in total. The van der Waals surface area contributed by atoms with Crippen molar-refractivity contribution in [2.24, 2.45) is 0 Å². The number of likely N-dealkylation sites (N-methyl/N-ethyl adjacent to an activating group) is 2. The summed E-state index contributed by atoms with van der Waals surface area (Å²) < 4.78 is 33.0. The van der Waals surface area contributed by atoms with Crippen LogP contribution in [-0.4, -0.2) is 76.7 Å². The minimum atomic E-state index is 0.0758. The van der Waals surface area contributed by atoms with Crippen LogP contribution in [0.2, 0.25) is 0 Å². The lowest BCUT2D eigenvalue weighted by Crippen LogP contribution is -2.49. The van der Waals surface area contributed by atoms with Gasteiger partial charge in [0, 0.05) is 31.2 Å². The number of ether oxygens (including phenoxy) is 5. The maximum absolute atomic E-state index is 10.8. The summed E-state index contributed by atoms with van der Waals surface area (Å²) in [5.74, 6) is 4.54. The highest BCUT2D eigenvalue weighted by Crippen LogP contribution is 2.53. The number of phenolic OH excluding ortho intramolecular Hbond substituents is 1. The van der Waals surface area contributed by atoms with Crippen LogP contribution in [0.1, 0.15) is 45.5 Å². The third-order valence-corrected chi connectivity index (χ3v) is 10.7. The Morgan fingerprint density at radius 2 is 1.30 bits per heavy atom. The Morgan fingerprint density at radius 3 is 2.00 bits per heavy atom. The first kappa shape index (κ1) is 31.2. The van der Waals surface area contributed by atoms with Crippen LogP contribution in [0.5, 0.6) is 46.0 Å². The molecule has 0 fully saturated rings. The number of hydrogen-bond acceptors (Lipinski definition) is 6. The van der Waals surface area contributed by atoms with Crippen molar-refractivity contribution in [3.8, 4) is 46.0 Å². The second kappa shape index (κ2) is 11.7. The van der Waals surface area contributed by atoms with Gasteiger partial charge >= 0.3 is 0 Å². The molecule has 246 valence electrons. The molecule has 0 aliphatic carbocycles. The zero-order valence-electron chi connectivity index (χ0n) is 28.6. The number of fused-ring (bicyclic) bond motifs is 2. The van der Waals surface area contributed by atoms with E-state index in [1.165, 1.54) is 22.3 Å². The van der Waals surface area contributed by atoms with Gasteiger partial charge in [0.05, 0.1) is 68.2 Å². The van der Waals surface area contributed by atoms with Gasteiger partial charge in [-0.3, -0.25) is 0 Å². The molecule has 4 aliphatic rings. The van der Waals surface area contributed by atoms with Gasteiger partial charge in [-0.25, -0.2) is 0 Å². The lowest BCUT2D eigenvalue weighted by molar-refractivity contribution is -0.923. The first-order valence-electron chi connectivity index (χ1n) is 16.4. The summed E-state index contributed by atoms with van der Waals surface area (Å²) in [7, 11) is 14.2. The van der Waals surface area contributed by atoms with Crippen LogP contribution in [0.15, 0.2) is 60.7 Å². The van der Waals surface area contributed by atoms with Crippen molar-refractivity contribution in [2.45, 2.75) is 37.8 Å². The molecule has 2 atom stereocenters. The number of nitrogens with zero attached hydrogens (tertiary/aromatic N) is 2. The summed E-state index contributed by atoms with van der Waals surface area (Å²) in [4.78, 5) is 0. The molecule has 0 amide bonds. The molecule has 4 aliphatic heterocycles. The molecule has 47 heavy (non-hydrogen) atoms. The predicted molar refractivity (Wildman–Crippen MR) is 181 cm³/mol. The fourth-order valence-corrected chi connectivity index (χ4v) is 7.79. The number of rotatable bonds is 3. The van der Waals surface area contributed by atoms with Crippen molar-refractivity contribution in [3.05, 3.63) is 94.0 Å². The molecule has 4 aromatic carbocycles. The molecule has 0 saturated carbocycles. The van der Waals surface area contributed by atoms with Crippen LogP contribution < -0.4 is 23.7 Å². The SMILES string of the molecule is COc1cc2c3cc1Oc1c(OC)c(OC)cc4c1[C@H](Cc1ccc(cc1)Oc1cc(ccc1O)C[C@@H]3[N+](C)(C)CC2)[N+](C)(C)CC4. The standard InChI is InChI=1S/C39H45N2O6/c1-40(2)16-14-26-21-34(43-5)35-23-29(26)30(40)19-25-10-13-32(42)33(20-25)46-28-11-8-24(9-12-28)18-31-37-27(15-17-41(31,3)4)22-36(44-6)38(45-7)39(37)47-35/h8-13,20-23,30-31H,14-19H2,1-7H3/q+1/p+1/t30-,31-/m0/s1. The van der Waals surface area contributed by atoms with Crippen molar-refractivity contribution in [1.29, 1.82) is 0 Å². The topological polar surface area (TPSA) is 66.4 Å². The minimum Gasteiger partial charge on any atom is -0.504 e. The second-order valence-corrected chi connectivity index (χ2v) is 14.3. The lowest BCUT2D eigenvalue weighted by atomic mass is 9.85. The summed E-state index contributed by atoms with van der Waals surface area (Å²) in [6, 6.07) is 20.6. The normalized spacial score (nSPS) is 20.5. The first-order valence-corrected chi connectivity index (χ1v) is 16.4. The van der Waals surface area contributed by atoms with E-state index in [0.29, 0.717) is 40.2 Å². The van der Waals surface area contributed by atoms with E-state index in [9.17, 15) is 5.11 Å². The van der Waals surface area contributed by atoms with Crippen molar-refractivity contribution in [3.63, 3.8) is 0 Å². The van der Waals surface area contributed by atoms with Crippen LogP contribution in [0, 0.1) is 0 Å². The molecule has 0 aromatic heterocycles. The summed E-state index contributed by atoms with van der Waals surface area (Å²) >= 11 is 0. The van der Waals surface area contributed by atoms with Crippen LogP contribution in [0.4, 0.5) is 0 Å². The zero-order chi connectivity index (χ0) is 33.1. The average Bonchev–Trinajstić information content (AvgIpc) is 3.05. The van der Waals surface area contributed by atoms with E-state index in [1.807, 2.05) is 24.3 Å². The Labute approximate surface area is 277 Å². The maximum Gasteiger partial charge on any atom is 0.204 e. The molecule has 4 heterocycles. The summed E-state index contributed by atoms with van der Waals surface area (Å²) in [5.41, 5.74) is 7.09. The maximum atomic E-state index is 10.8. The Balaban J connectivity index is 1.49. The number of phenols is 1. The Kier molecular flexibility index (Phi) is 7.76. The highest BCUT2D eigenvalue weighted by Gasteiger charge is 2.42. The van der Waals surface area contributed by atoms with Gasteiger partial charge in [-0.2, -0.15) is 0 Å². The molecule has 8 rings (SSSR count). The largest absolute Gasteiger partial charge is 0.504 e. The third-order valence-electron chi connectivity index (χ3n) is 10.7. The van der Waals surface area contributed by atoms with E-state index in [-0.39, 0.29) is 17.8 Å². The van der Waals surface area contributed by atoms with Gasteiger partial charge in [-0.15, -0.1) is 0 Å². The molecule has 0 spiro atoms. The predicted octanol–water partition coefficient (Wildman–Crippen LogP) is 7.15. The number of methoxy groups -OCH3 is 3. The Morgan fingerprint density at radius 1 is 0.660 bits per heavy atom. The van der Waals surface area contributed by atoms with E-state index >= 15 is 0 Å². The molecule has 0 unspecified atom stereocenters. The molecular weight excluding hydrogens is 592 g/mol. The van der Waals surface area contributed by atoms with Crippen molar-refractivity contribution in [2.75, 3.05) is 62.6 Å². The number of quaternary nitrogens is 2. The van der Waals surface area contributed by atoms with Crippen LogP contribution >= 0.6 is 0 Å². The van der Waals surface area contributed by atoms with E-state index in [2.05, 4.69) is 58.5 Å². The van der Waals surface area contributed by atoms with Gasteiger partial charge in [0.2, 0.25) is 5.75 Å². The molecular formula is C39H46N2O6+2. The highest BCUT2D eigenvalue weighted by atomic mass is 16.5. The van der Waals surface area contributed by atoms with Gasteiger partial charge in [-0.05, 0) is 64.7 Å². The molecule has 4 aromatic rings. The van der Waals surface area contributed by atoms with Gasteiger partial charge in [0.1, 0.15) is 17.8 Å². The van der Waals surface area contributed by atoms with Crippen molar-refractivity contribution >= 4 is 0 Å². The van der Waals surface area contributed by atoms with Crippen LogP contribution in [0.25, 0.3) is 0 Å². The summed E-state index contributed by atoms with van der Waals surface area (Å²) in [6.45, 7) is 1.96. The van der Waals surface area contributed by atoms with E-state index < -0.39 is 0 Å². The third kappa shape index (κ3) is 5.53. The van der Waals surface area contributed by atoms with E-state index in [4.69, 9.17) is 23.7 Å². The fourth-order valence-electron chi connectivity index (χ4n) is 7.79. The number of aromatic hydroxyl groups is 1. The van der Waals surface area contributed by atoms with Crippen molar-refractivity contribution in [1.82, 2.24) is 0 Å². The van der Waals surface area contributed by atoms with Crippen LogP contribution in [0.3, 0.4) is 0 Å². The highest BCUT2D eigenvalue weighted by molar-refractivity contribution is 5.63. The number of benzene rings is 4. The number of hydrogen-bond donors (Lipinski definition) is 1.